The third-order valence-electron chi connectivity index (χ3n) is 4.72. The van der Waals surface area contributed by atoms with E-state index < -0.39 is 5.60 Å². The first-order valence-electron chi connectivity index (χ1n) is 10.0. The summed E-state index contributed by atoms with van der Waals surface area (Å²) in [6.07, 6.45) is 3.85. The van der Waals surface area contributed by atoms with Crippen LogP contribution < -0.4 is 5.32 Å². The van der Waals surface area contributed by atoms with Crippen LogP contribution in [-0.4, -0.2) is 41.6 Å². The highest BCUT2D eigenvalue weighted by Crippen LogP contribution is 2.24. The van der Waals surface area contributed by atoms with E-state index in [9.17, 15) is 9.59 Å². The minimum atomic E-state index is -0.444. The van der Waals surface area contributed by atoms with E-state index in [1.54, 1.807) is 0 Å². The van der Waals surface area contributed by atoms with Crippen LogP contribution in [0.3, 0.4) is 0 Å². The number of carbonyl (C=O) groups is 2. The molecule has 0 bridgehead atoms. The van der Waals surface area contributed by atoms with Crippen molar-refractivity contribution in [2.24, 2.45) is 5.92 Å². The van der Waals surface area contributed by atoms with Crippen LogP contribution in [0.4, 0.5) is 4.79 Å². The van der Waals surface area contributed by atoms with E-state index in [4.69, 9.17) is 4.74 Å². The second-order valence-electron chi connectivity index (χ2n) is 8.78. The predicted octanol–water partition coefficient (Wildman–Crippen LogP) is 4.40. The van der Waals surface area contributed by atoms with Crippen molar-refractivity contribution in [3.8, 4) is 0 Å². The minimum absolute atomic E-state index is 0.0162. The van der Waals surface area contributed by atoms with Gasteiger partial charge in [0, 0.05) is 24.7 Å². The molecule has 1 aromatic rings. The van der Waals surface area contributed by atoms with Crippen LogP contribution in [0, 0.1) is 5.92 Å². The van der Waals surface area contributed by atoms with Gasteiger partial charge in [-0.1, -0.05) is 12.1 Å². The number of ether oxygens (including phenoxy) is 1. The van der Waals surface area contributed by atoms with Gasteiger partial charge < -0.3 is 15.0 Å². The topological polar surface area (TPSA) is 58.6 Å². The van der Waals surface area contributed by atoms with Gasteiger partial charge in [-0.25, -0.2) is 4.79 Å². The van der Waals surface area contributed by atoms with Crippen molar-refractivity contribution in [1.82, 2.24) is 10.2 Å². The maximum atomic E-state index is 12.2. The van der Waals surface area contributed by atoms with Crippen LogP contribution in [0.2, 0.25) is 0 Å². The first kappa shape index (κ1) is 21.3. The summed E-state index contributed by atoms with van der Waals surface area (Å²) in [6, 6.07) is 8.03. The van der Waals surface area contributed by atoms with Crippen molar-refractivity contribution in [3.05, 3.63) is 35.4 Å². The number of hydrogen-bond donors (Lipinski definition) is 1. The Morgan fingerprint density at radius 3 is 2.48 bits per heavy atom. The van der Waals surface area contributed by atoms with E-state index in [1.807, 2.05) is 57.7 Å². The van der Waals surface area contributed by atoms with Crippen molar-refractivity contribution in [3.63, 3.8) is 0 Å². The van der Waals surface area contributed by atoms with E-state index in [0.717, 1.165) is 44.3 Å². The van der Waals surface area contributed by atoms with Crippen LogP contribution in [0.25, 0.3) is 0 Å². The number of hydrogen-bond acceptors (Lipinski definition) is 3. The standard InChI is InChI=1S/C22H34N2O3/c1-16(2)23-20(25)19-8-6-7-18(15-19)10-9-17-11-13-24(14-12-17)21(26)27-22(3,4)5/h6-8,15-17H,9-14H2,1-5H3,(H,23,25). The van der Waals surface area contributed by atoms with Crippen molar-refractivity contribution in [2.75, 3.05) is 13.1 Å². The predicted molar refractivity (Wildman–Crippen MR) is 108 cm³/mol. The maximum Gasteiger partial charge on any atom is 0.410 e. The molecule has 1 aromatic carbocycles. The largest absolute Gasteiger partial charge is 0.444 e. The summed E-state index contributed by atoms with van der Waals surface area (Å²) >= 11 is 0. The lowest BCUT2D eigenvalue weighted by Crippen LogP contribution is -2.41. The number of rotatable bonds is 5. The number of nitrogens with one attached hydrogen (secondary N) is 1. The molecule has 5 nitrogen and oxygen atoms in total. The minimum Gasteiger partial charge on any atom is -0.444 e. The molecule has 1 aliphatic heterocycles. The molecular formula is C22H34N2O3. The van der Waals surface area contributed by atoms with Crippen molar-refractivity contribution >= 4 is 12.0 Å². The highest BCUT2D eigenvalue weighted by Gasteiger charge is 2.26. The number of piperidine rings is 1. The van der Waals surface area contributed by atoms with Crippen LogP contribution in [0.15, 0.2) is 24.3 Å². The van der Waals surface area contributed by atoms with E-state index in [2.05, 4.69) is 11.4 Å². The summed E-state index contributed by atoms with van der Waals surface area (Å²) in [4.78, 5) is 26.1. The normalized spacial score (nSPS) is 15.7. The zero-order valence-corrected chi connectivity index (χ0v) is 17.4. The van der Waals surface area contributed by atoms with E-state index in [1.165, 1.54) is 5.56 Å². The lowest BCUT2D eigenvalue weighted by molar-refractivity contribution is 0.0181. The average Bonchev–Trinajstić information content (AvgIpc) is 2.58. The first-order valence-corrected chi connectivity index (χ1v) is 10.0. The molecule has 1 fully saturated rings. The Kier molecular flexibility index (Phi) is 7.28. The highest BCUT2D eigenvalue weighted by atomic mass is 16.6. The molecule has 2 amide bonds. The molecule has 0 aromatic heterocycles. The fourth-order valence-corrected chi connectivity index (χ4v) is 3.32. The Morgan fingerprint density at radius 2 is 1.89 bits per heavy atom. The molecule has 0 unspecified atom stereocenters. The summed E-state index contributed by atoms with van der Waals surface area (Å²) in [7, 11) is 0. The Bertz CT molecular complexity index is 641. The van der Waals surface area contributed by atoms with Gasteiger partial charge in [0.1, 0.15) is 5.60 Å². The molecule has 0 atom stereocenters. The van der Waals surface area contributed by atoms with Gasteiger partial charge >= 0.3 is 6.09 Å². The van der Waals surface area contributed by atoms with Crippen LogP contribution in [0.5, 0.6) is 0 Å². The molecule has 1 N–H and O–H groups in total. The molecule has 1 aliphatic rings. The molecule has 150 valence electrons. The number of carbonyl (C=O) groups excluding carboxylic acids is 2. The summed E-state index contributed by atoms with van der Waals surface area (Å²) < 4.78 is 5.45. The van der Waals surface area contributed by atoms with Crippen LogP contribution >= 0.6 is 0 Å². The summed E-state index contributed by atoms with van der Waals surface area (Å²) in [6.45, 7) is 11.1. The zero-order chi connectivity index (χ0) is 20.0. The zero-order valence-electron chi connectivity index (χ0n) is 17.4. The van der Waals surface area contributed by atoms with Gasteiger partial charge in [0.15, 0.2) is 0 Å². The quantitative estimate of drug-likeness (QED) is 0.831. The van der Waals surface area contributed by atoms with Gasteiger partial charge in [-0.2, -0.15) is 0 Å². The fraction of sp³-hybridized carbons (Fsp3) is 0.636. The lowest BCUT2D eigenvalue weighted by atomic mass is 9.90. The van der Waals surface area contributed by atoms with Crippen LogP contribution in [0.1, 0.15) is 69.8 Å². The second-order valence-corrected chi connectivity index (χ2v) is 8.78. The molecule has 0 spiro atoms. The van der Waals surface area contributed by atoms with Crippen molar-refractivity contribution in [1.29, 1.82) is 0 Å². The Morgan fingerprint density at radius 1 is 1.22 bits per heavy atom. The molecule has 27 heavy (non-hydrogen) atoms. The third-order valence-corrected chi connectivity index (χ3v) is 4.72. The molecule has 1 heterocycles. The maximum absolute atomic E-state index is 12.2. The molecule has 1 saturated heterocycles. The Balaban J connectivity index is 1.80. The third kappa shape index (κ3) is 7.24. The number of benzene rings is 1. The highest BCUT2D eigenvalue weighted by molar-refractivity contribution is 5.94. The molecule has 0 radical (unpaired) electrons. The SMILES string of the molecule is CC(C)NC(=O)c1cccc(CCC2CCN(C(=O)OC(C)(C)C)CC2)c1. The average molecular weight is 375 g/mol. The second kappa shape index (κ2) is 9.25. The fourth-order valence-electron chi connectivity index (χ4n) is 3.32. The number of likely N-dealkylation sites (tertiary alicyclic amines) is 1. The number of amides is 2. The molecule has 0 saturated carbocycles. The van der Waals surface area contributed by atoms with E-state index >= 15 is 0 Å². The summed E-state index contributed by atoms with van der Waals surface area (Å²) in [5.41, 5.74) is 1.47. The van der Waals surface area contributed by atoms with Gasteiger partial charge in [0.2, 0.25) is 0 Å². The van der Waals surface area contributed by atoms with Crippen molar-refractivity contribution < 1.29 is 14.3 Å². The van der Waals surface area contributed by atoms with Crippen molar-refractivity contribution in [2.45, 2.75) is 71.9 Å². The lowest BCUT2D eigenvalue weighted by Gasteiger charge is -2.33. The summed E-state index contributed by atoms with van der Waals surface area (Å²) in [5.74, 6) is 0.592. The number of aryl methyl sites for hydroxylation is 1. The number of nitrogens with zero attached hydrogens (tertiary/aromatic N) is 1. The molecular weight excluding hydrogens is 340 g/mol. The van der Waals surface area contributed by atoms with Crippen LogP contribution in [-0.2, 0) is 11.2 Å². The summed E-state index contributed by atoms with van der Waals surface area (Å²) in [5, 5.41) is 2.93. The Hall–Kier alpha value is -2.04. The van der Waals surface area contributed by atoms with Gasteiger partial charge in [-0.3, -0.25) is 4.79 Å². The molecule has 0 aliphatic carbocycles. The monoisotopic (exact) mass is 374 g/mol. The first-order chi connectivity index (χ1) is 12.6. The van der Waals surface area contributed by atoms with E-state index in [-0.39, 0.29) is 18.0 Å². The molecule has 5 heteroatoms. The molecule has 2 rings (SSSR count). The van der Waals surface area contributed by atoms with Gasteiger partial charge in [0.05, 0.1) is 0 Å². The van der Waals surface area contributed by atoms with Gasteiger partial charge in [0.25, 0.3) is 5.91 Å². The van der Waals surface area contributed by atoms with E-state index in [0.29, 0.717) is 5.92 Å². The van der Waals surface area contributed by atoms with Gasteiger partial charge in [-0.15, -0.1) is 0 Å². The van der Waals surface area contributed by atoms with Gasteiger partial charge in [-0.05, 0) is 83.9 Å². The Labute approximate surface area is 163 Å². The smallest absolute Gasteiger partial charge is 0.410 e.